The van der Waals surface area contributed by atoms with Crippen LogP contribution in [0.4, 0.5) is 4.39 Å². The zero-order valence-corrected chi connectivity index (χ0v) is 10.1. The number of hydrogen-bond acceptors (Lipinski definition) is 3. The third kappa shape index (κ3) is 3.50. The molecule has 0 saturated heterocycles. The Morgan fingerprint density at radius 2 is 2.12 bits per heavy atom. The van der Waals surface area contributed by atoms with Gasteiger partial charge in [0.05, 0.1) is 12.2 Å². The number of carbonyl (C=O) groups is 2. The number of nitrogens with one attached hydrogen (secondary N) is 1. The summed E-state index contributed by atoms with van der Waals surface area (Å²) in [5, 5.41) is 19.5. The maximum atomic E-state index is 12.8. The number of rotatable bonds is 4. The van der Waals surface area contributed by atoms with Gasteiger partial charge >= 0.3 is 5.97 Å². The molecule has 17 heavy (non-hydrogen) atoms. The van der Waals surface area contributed by atoms with Crippen LogP contribution < -0.4 is 5.32 Å². The Bertz CT molecular complexity index is 452. The highest BCUT2D eigenvalue weighted by atomic mass is 79.9. The molecular formula is C10H9BrFNO4. The molecule has 5 nitrogen and oxygen atoms in total. The Morgan fingerprint density at radius 1 is 1.47 bits per heavy atom. The predicted molar refractivity (Wildman–Crippen MR) is 60.1 cm³/mol. The summed E-state index contributed by atoms with van der Waals surface area (Å²) in [6.07, 6.45) is 0. The third-order valence-electron chi connectivity index (χ3n) is 1.96. The first kappa shape index (κ1) is 13.6. The van der Waals surface area contributed by atoms with Crippen molar-refractivity contribution in [1.29, 1.82) is 0 Å². The van der Waals surface area contributed by atoms with Crippen LogP contribution in [0.2, 0.25) is 0 Å². The molecule has 0 unspecified atom stereocenters. The van der Waals surface area contributed by atoms with Crippen molar-refractivity contribution in [3.05, 3.63) is 34.1 Å². The summed E-state index contributed by atoms with van der Waals surface area (Å²) in [4.78, 5) is 22.2. The summed E-state index contributed by atoms with van der Waals surface area (Å²) in [6, 6.07) is 1.99. The molecule has 7 heteroatoms. The molecule has 1 aromatic rings. The van der Waals surface area contributed by atoms with Crippen LogP contribution in [-0.2, 0) is 4.79 Å². The summed E-state index contributed by atoms with van der Waals surface area (Å²) in [5.41, 5.74) is 0.0890. The second-order valence-electron chi connectivity index (χ2n) is 3.17. The van der Waals surface area contributed by atoms with E-state index in [1.807, 2.05) is 0 Å². The summed E-state index contributed by atoms with van der Waals surface area (Å²) in [7, 11) is 0. The van der Waals surface area contributed by atoms with Crippen molar-refractivity contribution in [3.63, 3.8) is 0 Å². The molecule has 1 aromatic carbocycles. The number of carbonyl (C=O) groups excluding carboxylic acids is 1. The van der Waals surface area contributed by atoms with Gasteiger partial charge in [-0.1, -0.05) is 0 Å². The zero-order chi connectivity index (χ0) is 13.0. The van der Waals surface area contributed by atoms with Crippen LogP contribution in [-0.4, -0.2) is 34.7 Å². The molecule has 0 aliphatic heterocycles. The molecule has 0 saturated carbocycles. The fourth-order valence-electron chi connectivity index (χ4n) is 1.10. The van der Waals surface area contributed by atoms with Gasteiger partial charge in [-0.15, -0.1) is 0 Å². The van der Waals surface area contributed by atoms with Gasteiger partial charge in [-0.3, -0.25) is 4.79 Å². The van der Waals surface area contributed by atoms with Crippen LogP contribution in [0.3, 0.4) is 0 Å². The number of aliphatic hydroxyl groups excluding tert-OH is 1. The molecule has 1 rings (SSSR count). The molecular weight excluding hydrogens is 297 g/mol. The fraction of sp³-hybridized carbons (Fsp3) is 0.200. The summed E-state index contributed by atoms with van der Waals surface area (Å²) < 4.78 is 13.0. The normalized spacial score (nSPS) is 11.9. The lowest BCUT2D eigenvalue weighted by Gasteiger charge is -2.12. The van der Waals surface area contributed by atoms with E-state index >= 15 is 0 Å². The molecule has 0 radical (unpaired) electrons. The molecule has 1 atom stereocenters. The first-order chi connectivity index (χ1) is 7.95. The van der Waals surface area contributed by atoms with Crippen LogP contribution in [0.25, 0.3) is 0 Å². The van der Waals surface area contributed by atoms with E-state index in [1.165, 1.54) is 6.07 Å². The quantitative estimate of drug-likeness (QED) is 0.766. The van der Waals surface area contributed by atoms with Gasteiger partial charge in [0.1, 0.15) is 5.82 Å². The fourth-order valence-corrected chi connectivity index (χ4v) is 1.63. The van der Waals surface area contributed by atoms with Gasteiger partial charge in [0.15, 0.2) is 6.04 Å². The van der Waals surface area contributed by atoms with Crippen molar-refractivity contribution >= 4 is 27.8 Å². The lowest BCUT2D eigenvalue weighted by molar-refractivity contribution is -0.140. The van der Waals surface area contributed by atoms with Crippen molar-refractivity contribution in [2.24, 2.45) is 0 Å². The smallest absolute Gasteiger partial charge is 0.328 e. The van der Waals surface area contributed by atoms with Gasteiger partial charge in [-0.05, 0) is 34.1 Å². The molecule has 0 bridgehead atoms. The van der Waals surface area contributed by atoms with Crippen molar-refractivity contribution in [2.75, 3.05) is 6.61 Å². The van der Waals surface area contributed by atoms with Gasteiger partial charge in [0.25, 0.3) is 5.91 Å². The van der Waals surface area contributed by atoms with Crippen LogP contribution in [0.15, 0.2) is 22.7 Å². The number of benzene rings is 1. The minimum atomic E-state index is -1.39. The standard InChI is InChI=1S/C10H9BrFNO4/c11-7-3-5(12)1-2-6(7)9(15)13-8(4-14)10(16)17/h1-3,8,14H,4H2,(H,13,15)(H,16,17)/t8-/m1/s1. The average molecular weight is 306 g/mol. The molecule has 0 spiro atoms. The van der Waals surface area contributed by atoms with E-state index in [0.29, 0.717) is 0 Å². The van der Waals surface area contributed by atoms with E-state index in [9.17, 15) is 14.0 Å². The lowest BCUT2D eigenvalue weighted by Crippen LogP contribution is -2.43. The van der Waals surface area contributed by atoms with Gasteiger partial charge in [-0.25, -0.2) is 9.18 Å². The van der Waals surface area contributed by atoms with E-state index in [1.54, 1.807) is 0 Å². The number of carboxylic acid groups (broad SMARTS) is 1. The Balaban J connectivity index is 2.86. The highest BCUT2D eigenvalue weighted by Crippen LogP contribution is 2.17. The van der Waals surface area contributed by atoms with Crippen LogP contribution in [0, 0.1) is 5.82 Å². The van der Waals surface area contributed by atoms with Crippen molar-refractivity contribution in [3.8, 4) is 0 Å². The Labute approximate surface area is 104 Å². The minimum absolute atomic E-state index is 0.0890. The average Bonchev–Trinajstić information content (AvgIpc) is 2.24. The maximum absolute atomic E-state index is 12.8. The molecule has 0 aromatic heterocycles. The Morgan fingerprint density at radius 3 is 2.59 bits per heavy atom. The highest BCUT2D eigenvalue weighted by molar-refractivity contribution is 9.10. The first-order valence-corrected chi connectivity index (χ1v) is 5.34. The van der Waals surface area contributed by atoms with Gasteiger partial charge in [0, 0.05) is 4.47 Å². The third-order valence-corrected chi connectivity index (χ3v) is 2.62. The molecule has 0 aliphatic rings. The van der Waals surface area contributed by atoms with Crippen LogP contribution in [0.1, 0.15) is 10.4 Å². The summed E-state index contributed by atoms with van der Waals surface area (Å²) in [5.74, 6) is -2.58. The largest absolute Gasteiger partial charge is 0.480 e. The van der Waals surface area contributed by atoms with E-state index in [-0.39, 0.29) is 10.0 Å². The van der Waals surface area contributed by atoms with Crippen molar-refractivity contribution in [1.82, 2.24) is 5.32 Å². The first-order valence-electron chi connectivity index (χ1n) is 4.55. The molecule has 3 N–H and O–H groups in total. The molecule has 0 aliphatic carbocycles. The van der Waals surface area contributed by atoms with Crippen molar-refractivity contribution in [2.45, 2.75) is 6.04 Å². The van der Waals surface area contributed by atoms with Crippen LogP contribution >= 0.6 is 15.9 Å². The molecule has 92 valence electrons. The van der Waals surface area contributed by atoms with E-state index in [4.69, 9.17) is 10.2 Å². The number of aliphatic carboxylic acids is 1. The number of hydrogen-bond donors (Lipinski definition) is 3. The second kappa shape index (κ2) is 5.74. The van der Waals surface area contributed by atoms with Gasteiger partial charge < -0.3 is 15.5 Å². The number of halogens is 2. The lowest BCUT2D eigenvalue weighted by atomic mass is 10.2. The molecule has 0 heterocycles. The monoisotopic (exact) mass is 305 g/mol. The summed E-state index contributed by atoms with van der Waals surface area (Å²) >= 11 is 2.99. The maximum Gasteiger partial charge on any atom is 0.328 e. The van der Waals surface area contributed by atoms with E-state index in [2.05, 4.69) is 21.2 Å². The molecule has 1 amide bonds. The van der Waals surface area contributed by atoms with Crippen molar-refractivity contribution < 1.29 is 24.2 Å². The Kier molecular flexibility index (Phi) is 4.59. The number of amides is 1. The summed E-state index contributed by atoms with van der Waals surface area (Å²) in [6.45, 7) is -0.722. The van der Waals surface area contributed by atoms with E-state index < -0.39 is 30.3 Å². The van der Waals surface area contributed by atoms with Gasteiger partial charge in [0.2, 0.25) is 0 Å². The van der Waals surface area contributed by atoms with Crippen LogP contribution in [0.5, 0.6) is 0 Å². The zero-order valence-electron chi connectivity index (χ0n) is 8.48. The SMILES string of the molecule is O=C(N[C@H](CO)C(=O)O)c1ccc(F)cc1Br. The topological polar surface area (TPSA) is 86.6 Å². The van der Waals surface area contributed by atoms with E-state index in [0.717, 1.165) is 12.1 Å². The second-order valence-corrected chi connectivity index (χ2v) is 4.03. The predicted octanol–water partition coefficient (Wildman–Crippen LogP) is 0.763. The number of aliphatic hydroxyl groups is 1. The molecule has 0 fully saturated rings. The highest BCUT2D eigenvalue weighted by Gasteiger charge is 2.20. The minimum Gasteiger partial charge on any atom is -0.480 e. The number of carboxylic acids is 1. The van der Waals surface area contributed by atoms with Gasteiger partial charge in [-0.2, -0.15) is 0 Å². The Hall–Kier alpha value is -1.47.